The highest BCUT2D eigenvalue weighted by Gasteiger charge is 2.79. The third kappa shape index (κ3) is 3.13. The van der Waals surface area contributed by atoms with Gasteiger partial charge in [0, 0.05) is 22.7 Å². The van der Waals surface area contributed by atoms with Gasteiger partial charge in [-0.1, -0.05) is 37.8 Å². The van der Waals surface area contributed by atoms with Gasteiger partial charge in [0.05, 0.1) is 18.8 Å². The topological polar surface area (TPSA) is 76.1 Å². The molecule has 0 radical (unpaired) electrons. The number of fused-ring (bicyclic) bond motifs is 7. The molecule has 2 heterocycles. The Morgan fingerprint density at radius 3 is 2.61 bits per heavy atom. The van der Waals surface area contributed by atoms with Crippen LogP contribution in [0.25, 0.3) is 0 Å². The van der Waals surface area contributed by atoms with Gasteiger partial charge in [-0.2, -0.15) is 0 Å². The molecule has 0 amide bonds. The molecule has 6 fully saturated rings. The minimum Gasteiger partial charge on any atom is -0.390 e. The van der Waals surface area contributed by atoms with Crippen molar-refractivity contribution in [2.75, 3.05) is 19.6 Å². The van der Waals surface area contributed by atoms with Crippen LogP contribution in [0.2, 0.25) is 0 Å². The van der Waals surface area contributed by atoms with Gasteiger partial charge in [0.15, 0.2) is 29.1 Å². The summed E-state index contributed by atoms with van der Waals surface area (Å²) in [6.07, 6.45) is 11.2. The van der Waals surface area contributed by atoms with Gasteiger partial charge < -0.3 is 14.6 Å². The van der Waals surface area contributed by atoms with Crippen molar-refractivity contribution in [1.29, 1.82) is 0 Å². The van der Waals surface area contributed by atoms with Crippen molar-refractivity contribution >= 4 is 11.6 Å². The Bertz CT molecular complexity index is 1100. The first-order valence-electron chi connectivity index (χ1n) is 15.0. The zero-order chi connectivity index (χ0) is 26.5. The van der Waals surface area contributed by atoms with Crippen molar-refractivity contribution in [1.82, 2.24) is 4.90 Å². The number of likely N-dealkylation sites (tertiary alicyclic amines) is 1. The molecular formula is C31H42FNO5. The molecule has 2 saturated heterocycles. The quantitative estimate of drug-likeness (QED) is 0.588. The number of nitrogens with zero attached hydrogens (tertiary/aromatic N) is 1. The first-order valence-corrected chi connectivity index (χ1v) is 15.0. The lowest BCUT2D eigenvalue weighted by molar-refractivity contribution is -0.235. The van der Waals surface area contributed by atoms with Crippen LogP contribution in [0.1, 0.15) is 78.1 Å². The number of hydrogen-bond acceptors (Lipinski definition) is 6. The summed E-state index contributed by atoms with van der Waals surface area (Å²) in [7, 11) is 0. The van der Waals surface area contributed by atoms with Crippen molar-refractivity contribution in [3.8, 4) is 0 Å². The van der Waals surface area contributed by atoms with E-state index in [1.165, 1.54) is 12.5 Å². The molecule has 0 aromatic carbocycles. The van der Waals surface area contributed by atoms with Crippen molar-refractivity contribution in [2.24, 2.45) is 28.6 Å². The molecule has 1 unspecified atom stereocenters. The lowest BCUT2D eigenvalue weighted by Crippen LogP contribution is -2.70. The van der Waals surface area contributed by atoms with Crippen LogP contribution >= 0.6 is 0 Å². The van der Waals surface area contributed by atoms with Gasteiger partial charge in [0.2, 0.25) is 0 Å². The summed E-state index contributed by atoms with van der Waals surface area (Å²) in [6, 6.07) is 0. The molecule has 9 atom stereocenters. The number of carbonyl (C=O) groups is 2. The van der Waals surface area contributed by atoms with Gasteiger partial charge in [-0.15, -0.1) is 0 Å². The van der Waals surface area contributed by atoms with Crippen LogP contribution in [0.5, 0.6) is 0 Å². The fourth-order valence-corrected chi connectivity index (χ4v) is 9.96. The van der Waals surface area contributed by atoms with E-state index >= 15 is 4.39 Å². The number of ketones is 2. The van der Waals surface area contributed by atoms with E-state index in [1.807, 2.05) is 6.92 Å². The monoisotopic (exact) mass is 527 g/mol. The van der Waals surface area contributed by atoms with E-state index in [2.05, 4.69) is 11.8 Å². The number of carbonyl (C=O) groups excluding carboxylic acids is 2. The highest BCUT2D eigenvalue weighted by atomic mass is 19.1. The molecule has 6 nitrogen and oxygen atoms in total. The third-order valence-corrected chi connectivity index (χ3v) is 12.2. The van der Waals surface area contributed by atoms with E-state index in [9.17, 15) is 14.7 Å². The molecule has 7 heteroatoms. The van der Waals surface area contributed by atoms with Gasteiger partial charge in [-0.3, -0.25) is 14.5 Å². The largest absolute Gasteiger partial charge is 0.390 e. The Morgan fingerprint density at radius 1 is 1.13 bits per heavy atom. The fourth-order valence-electron chi connectivity index (χ4n) is 9.96. The second-order valence-corrected chi connectivity index (χ2v) is 13.8. The smallest absolute Gasteiger partial charge is 0.181 e. The van der Waals surface area contributed by atoms with Crippen LogP contribution in [0, 0.1) is 28.6 Å². The number of allylic oxidation sites excluding steroid dienone is 4. The van der Waals surface area contributed by atoms with E-state index < -0.39 is 46.5 Å². The minimum atomic E-state index is -1.92. The van der Waals surface area contributed by atoms with Crippen molar-refractivity contribution in [3.05, 3.63) is 23.8 Å². The Labute approximate surface area is 225 Å². The van der Waals surface area contributed by atoms with E-state index in [4.69, 9.17) is 9.47 Å². The van der Waals surface area contributed by atoms with E-state index in [0.29, 0.717) is 25.8 Å². The highest BCUT2D eigenvalue weighted by molar-refractivity contribution is 6.01. The van der Waals surface area contributed by atoms with Crippen LogP contribution in [-0.4, -0.2) is 71.0 Å². The Balaban J connectivity index is 1.28. The first kappa shape index (κ1) is 25.6. The van der Waals surface area contributed by atoms with Gasteiger partial charge in [-0.05, 0) is 83.0 Å². The van der Waals surface area contributed by atoms with Gasteiger partial charge in [0.1, 0.15) is 0 Å². The summed E-state index contributed by atoms with van der Waals surface area (Å²) in [4.78, 5) is 28.6. The number of ether oxygens (including phenoxy) is 2. The molecule has 0 spiro atoms. The van der Waals surface area contributed by atoms with Crippen molar-refractivity contribution in [2.45, 2.75) is 108 Å². The van der Waals surface area contributed by atoms with E-state index in [1.54, 1.807) is 12.2 Å². The zero-order valence-corrected chi connectivity index (χ0v) is 22.8. The fraction of sp³-hybridized carbons (Fsp3) is 0.806. The minimum absolute atomic E-state index is 0.0508. The average molecular weight is 528 g/mol. The summed E-state index contributed by atoms with van der Waals surface area (Å²) in [5, 5.41) is 11.8. The van der Waals surface area contributed by atoms with Crippen LogP contribution in [0.3, 0.4) is 0 Å². The summed E-state index contributed by atoms with van der Waals surface area (Å²) in [6.45, 7) is 6.08. The third-order valence-electron chi connectivity index (χ3n) is 12.2. The molecule has 38 heavy (non-hydrogen) atoms. The molecule has 4 saturated carbocycles. The van der Waals surface area contributed by atoms with Crippen LogP contribution in [0.4, 0.5) is 4.39 Å². The Morgan fingerprint density at radius 2 is 1.89 bits per heavy atom. The molecule has 0 aromatic rings. The number of alkyl halides is 1. The second kappa shape index (κ2) is 8.55. The van der Waals surface area contributed by atoms with Crippen LogP contribution in [-0.2, 0) is 19.1 Å². The maximum atomic E-state index is 17.6. The van der Waals surface area contributed by atoms with E-state index in [0.717, 1.165) is 50.8 Å². The zero-order valence-electron chi connectivity index (χ0n) is 22.8. The summed E-state index contributed by atoms with van der Waals surface area (Å²) >= 11 is 0. The van der Waals surface area contributed by atoms with Crippen molar-refractivity contribution in [3.63, 3.8) is 0 Å². The Kier molecular flexibility index (Phi) is 5.75. The molecule has 2 aliphatic heterocycles. The van der Waals surface area contributed by atoms with Crippen LogP contribution < -0.4 is 0 Å². The number of halogens is 1. The molecule has 5 aliphatic carbocycles. The van der Waals surface area contributed by atoms with Gasteiger partial charge in [-0.25, -0.2) is 4.39 Å². The lowest BCUT2D eigenvalue weighted by atomic mass is 9.44. The summed E-state index contributed by atoms with van der Waals surface area (Å²) in [5.74, 6) is -0.384. The SMILES string of the molecule is C[C@]12C=CC(=O)C=C1CC[C@H]1[C@@H]3C[C@@H]4OC(C5CCCCC5)O[C@@]4(C(=O)CN4CCC4)[C@@]3(C)C[C@H](O)[C@@]12F. The standard InChI is InChI=1S/C31H42FNO5/c1-28-12-11-21(34)15-20(28)9-10-22-23-16-26-31(25(36)18-33-13-6-14-33,29(23,2)17-24(35)30(22,28)32)38-27(37-26)19-7-4-3-5-8-19/h11-12,15,19,22-24,26-27,35H,3-10,13-14,16-18H2,1-2H3/t22-,23-,24-,26-,27?,28-,29-,30-,31+/m0/s1. The Hall–Kier alpha value is -1.41. The molecule has 0 bridgehead atoms. The average Bonchev–Trinajstić information content (AvgIpc) is 3.37. The van der Waals surface area contributed by atoms with Crippen molar-refractivity contribution < 1.29 is 28.6 Å². The van der Waals surface area contributed by atoms with Gasteiger partial charge in [0.25, 0.3) is 0 Å². The summed E-state index contributed by atoms with van der Waals surface area (Å²) < 4.78 is 31.2. The molecule has 1 N–H and O–H groups in total. The molecular weight excluding hydrogens is 485 g/mol. The normalized spacial score (nSPS) is 50.5. The predicted molar refractivity (Wildman–Crippen MR) is 139 cm³/mol. The van der Waals surface area contributed by atoms with Gasteiger partial charge >= 0.3 is 0 Å². The van der Waals surface area contributed by atoms with Crippen LogP contribution in [0.15, 0.2) is 23.8 Å². The summed E-state index contributed by atoms with van der Waals surface area (Å²) in [5.41, 5.74) is -4.06. The van der Waals surface area contributed by atoms with E-state index in [-0.39, 0.29) is 29.8 Å². The second-order valence-electron chi connectivity index (χ2n) is 13.8. The number of aliphatic hydroxyl groups excluding tert-OH is 1. The number of hydrogen-bond donors (Lipinski definition) is 1. The molecule has 7 aliphatic rings. The number of aliphatic hydroxyl groups is 1. The number of Topliss-reactive ketones (excluding diaryl/α,β-unsaturated/α-hetero) is 1. The predicted octanol–water partition coefficient (Wildman–Crippen LogP) is 4.30. The highest BCUT2D eigenvalue weighted by Crippen LogP contribution is 2.72. The molecule has 208 valence electrons. The maximum absolute atomic E-state index is 17.6. The molecule has 7 rings (SSSR count). The lowest BCUT2D eigenvalue weighted by Gasteiger charge is -2.62. The number of rotatable bonds is 4. The molecule has 0 aromatic heterocycles. The maximum Gasteiger partial charge on any atom is 0.181 e. The first-order chi connectivity index (χ1) is 18.1.